The van der Waals surface area contributed by atoms with Crippen molar-refractivity contribution >= 4 is 11.6 Å². The van der Waals surface area contributed by atoms with E-state index >= 15 is 0 Å². The lowest BCUT2D eigenvalue weighted by molar-refractivity contribution is 0.346. The highest BCUT2D eigenvalue weighted by atomic mass is 35.5. The van der Waals surface area contributed by atoms with Gasteiger partial charge in [-0.1, -0.05) is 23.7 Å². The maximum absolute atomic E-state index is 5.93. The summed E-state index contributed by atoms with van der Waals surface area (Å²) in [5, 5.41) is 4.22. The van der Waals surface area contributed by atoms with Crippen LogP contribution in [-0.2, 0) is 6.54 Å². The standard InChI is InChI=1S/C18H22ClNO3/c1-12(13-5-7-15(19)8-6-13)20-11-14-9-17(22-3)18(23-4)10-16(14)21-2/h5-10,12,20H,11H2,1-4H3/t12-/m0/s1. The van der Waals surface area contributed by atoms with Crippen LogP contribution < -0.4 is 19.5 Å². The zero-order valence-corrected chi connectivity index (χ0v) is 14.6. The van der Waals surface area contributed by atoms with Crippen molar-refractivity contribution in [3.05, 3.63) is 52.5 Å². The predicted octanol–water partition coefficient (Wildman–Crippen LogP) is 4.22. The first-order valence-corrected chi connectivity index (χ1v) is 7.74. The third-order valence-corrected chi connectivity index (χ3v) is 4.01. The molecule has 0 bridgehead atoms. The van der Waals surface area contributed by atoms with Gasteiger partial charge >= 0.3 is 0 Å². The van der Waals surface area contributed by atoms with Crippen LogP contribution in [0.15, 0.2) is 36.4 Å². The second-order valence-electron chi connectivity index (χ2n) is 5.17. The van der Waals surface area contributed by atoms with Gasteiger partial charge in [0.15, 0.2) is 11.5 Å². The molecule has 0 saturated carbocycles. The fraction of sp³-hybridized carbons (Fsp3) is 0.333. The highest BCUT2D eigenvalue weighted by Gasteiger charge is 2.13. The van der Waals surface area contributed by atoms with Gasteiger partial charge in [0.1, 0.15) is 5.75 Å². The van der Waals surface area contributed by atoms with Crippen LogP contribution in [0.4, 0.5) is 0 Å². The number of hydrogen-bond acceptors (Lipinski definition) is 4. The highest BCUT2D eigenvalue weighted by molar-refractivity contribution is 6.30. The van der Waals surface area contributed by atoms with Gasteiger partial charge in [0, 0.05) is 29.2 Å². The van der Waals surface area contributed by atoms with Gasteiger partial charge in [-0.15, -0.1) is 0 Å². The Morgan fingerprint density at radius 2 is 1.48 bits per heavy atom. The minimum absolute atomic E-state index is 0.185. The molecule has 0 spiro atoms. The van der Waals surface area contributed by atoms with Crippen LogP contribution in [0.25, 0.3) is 0 Å². The van der Waals surface area contributed by atoms with Crippen molar-refractivity contribution in [3.63, 3.8) is 0 Å². The van der Waals surface area contributed by atoms with Crippen LogP contribution >= 0.6 is 11.6 Å². The van der Waals surface area contributed by atoms with E-state index in [2.05, 4.69) is 12.2 Å². The molecule has 0 aromatic heterocycles. The number of nitrogens with one attached hydrogen (secondary N) is 1. The maximum Gasteiger partial charge on any atom is 0.164 e. The number of ether oxygens (including phenoxy) is 3. The fourth-order valence-corrected chi connectivity index (χ4v) is 2.49. The van der Waals surface area contributed by atoms with Crippen molar-refractivity contribution in [2.45, 2.75) is 19.5 Å². The number of methoxy groups -OCH3 is 3. The van der Waals surface area contributed by atoms with E-state index in [0.717, 1.165) is 16.3 Å². The minimum atomic E-state index is 0.185. The SMILES string of the molecule is COc1cc(OC)c(OC)cc1CN[C@@H](C)c1ccc(Cl)cc1. The minimum Gasteiger partial charge on any atom is -0.496 e. The summed E-state index contributed by atoms with van der Waals surface area (Å²) in [5.74, 6) is 2.10. The Morgan fingerprint density at radius 3 is 2.04 bits per heavy atom. The normalized spacial score (nSPS) is 11.9. The average molecular weight is 336 g/mol. The van der Waals surface area contributed by atoms with Crippen LogP contribution in [0.2, 0.25) is 5.02 Å². The first kappa shape index (κ1) is 17.4. The van der Waals surface area contributed by atoms with E-state index in [0.29, 0.717) is 18.0 Å². The smallest absolute Gasteiger partial charge is 0.164 e. The lowest BCUT2D eigenvalue weighted by Crippen LogP contribution is -2.18. The molecule has 0 saturated heterocycles. The van der Waals surface area contributed by atoms with Gasteiger partial charge in [-0.3, -0.25) is 0 Å². The average Bonchev–Trinajstić information content (AvgIpc) is 2.59. The van der Waals surface area contributed by atoms with Crippen molar-refractivity contribution in [1.29, 1.82) is 0 Å². The van der Waals surface area contributed by atoms with E-state index in [-0.39, 0.29) is 6.04 Å². The lowest BCUT2D eigenvalue weighted by atomic mass is 10.1. The molecule has 0 amide bonds. The Balaban J connectivity index is 2.14. The van der Waals surface area contributed by atoms with Gasteiger partial charge in [-0.05, 0) is 30.7 Å². The van der Waals surface area contributed by atoms with Crippen LogP contribution in [-0.4, -0.2) is 21.3 Å². The highest BCUT2D eigenvalue weighted by Crippen LogP contribution is 2.34. The summed E-state index contributed by atoms with van der Waals surface area (Å²) >= 11 is 5.93. The molecule has 0 aliphatic carbocycles. The Morgan fingerprint density at radius 1 is 0.913 bits per heavy atom. The second-order valence-corrected chi connectivity index (χ2v) is 5.61. The van der Waals surface area contributed by atoms with Crippen LogP contribution in [0.1, 0.15) is 24.1 Å². The van der Waals surface area contributed by atoms with E-state index < -0.39 is 0 Å². The molecule has 0 heterocycles. The molecule has 0 aliphatic rings. The molecule has 2 aromatic rings. The van der Waals surface area contributed by atoms with Crippen LogP contribution in [0, 0.1) is 0 Å². The molecule has 5 heteroatoms. The molecule has 124 valence electrons. The number of rotatable bonds is 7. The molecule has 0 fully saturated rings. The molecule has 2 rings (SSSR count). The summed E-state index contributed by atoms with van der Waals surface area (Å²) in [6.45, 7) is 2.75. The van der Waals surface area contributed by atoms with Crippen molar-refractivity contribution in [2.75, 3.05) is 21.3 Å². The van der Waals surface area contributed by atoms with E-state index in [1.54, 1.807) is 21.3 Å². The summed E-state index contributed by atoms with van der Waals surface area (Å²) in [7, 11) is 4.88. The van der Waals surface area contributed by atoms with Gasteiger partial charge in [-0.2, -0.15) is 0 Å². The third kappa shape index (κ3) is 4.30. The van der Waals surface area contributed by atoms with Gasteiger partial charge < -0.3 is 19.5 Å². The molecular formula is C18H22ClNO3. The molecule has 0 unspecified atom stereocenters. The molecule has 1 N–H and O–H groups in total. The fourth-order valence-electron chi connectivity index (χ4n) is 2.36. The van der Waals surface area contributed by atoms with Gasteiger partial charge in [0.2, 0.25) is 0 Å². The van der Waals surface area contributed by atoms with Crippen molar-refractivity contribution in [1.82, 2.24) is 5.32 Å². The second kappa shape index (κ2) is 8.09. The molecule has 2 aromatic carbocycles. The van der Waals surface area contributed by atoms with E-state index in [4.69, 9.17) is 25.8 Å². The van der Waals surface area contributed by atoms with E-state index in [1.165, 1.54) is 5.56 Å². The predicted molar refractivity (Wildman–Crippen MR) is 92.8 cm³/mol. The summed E-state index contributed by atoms with van der Waals surface area (Å²) in [6, 6.07) is 11.8. The lowest BCUT2D eigenvalue weighted by Gasteiger charge is -2.18. The molecule has 23 heavy (non-hydrogen) atoms. The Kier molecular flexibility index (Phi) is 6.13. The largest absolute Gasteiger partial charge is 0.496 e. The van der Waals surface area contributed by atoms with Crippen molar-refractivity contribution in [3.8, 4) is 17.2 Å². The maximum atomic E-state index is 5.93. The third-order valence-electron chi connectivity index (χ3n) is 3.76. The first-order chi connectivity index (χ1) is 11.1. The monoisotopic (exact) mass is 335 g/mol. The summed E-state index contributed by atoms with van der Waals surface area (Å²) < 4.78 is 16.1. The molecule has 0 aliphatic heterocycles. The molecular weight excluding hydrogens is 314 g/mol. The Labute approximate surface area is 142 Å². The van der Waals surface area contributed by atoms with Crippen molar-refractivity contribution in [2.24, 2.45) is 0 Å². The van der Waals surface area contributed by atoms with Gasteiger partial charge in [-0.25, -0.2) is 0 Å². The number of hydrogen-bond donors (Lipinski definition) is 1. The molecule has 0 radical (unpaired) electrons. The number of benzene rings is 2. The summed E-state index contributed by atoms with van der Waals surface area (Å²) in [5.41, 5.74) is 2.18. The van der Waals surface area contributed by atoms with Crippen LogP contribution in [0.5, 0.6) is 17.2 Å². The van der Waals surface area contributed by atoms with Gasteiger partial charge in [0.25, 0.3) is 0 Å². The van der Waals surface area contributed by atoms with Gasteiger partial charge in [0.05, 0.1) is 21.3 Å². The Hall–Kier alpha value is -1.91. The zero-order valence-electron chi connectivity index (χ0n) is 13.9. The Bertz CT molecular complexity index is 643. The summed E-state index contributed by atoms with van der Waals surface area (Å²) in [6.07, 6.45) is 0. The topological polar surface area (TPSA) is 39.7 Å². The van der Waals surface area contributed by atoms with Crippen LogP contribution in [0.3, 0.4) is 0 Å². The number of halogens is 1. The molecule has 4 nitrogen and oxygen atoms in total. The zero-order chi connectivity index (χ0) is 16.8. The van der Waals surface area contributed by atoms with E-state index in [9.17, 15) is 0 Å². The molecule has 1 atom stereocenters. The quantitative estimate of drug-likeness (QED) is 0.822. The first-order valence-electron chi connectivity index (χ1n) is 7.36. The summed E-state index contributed by atoms with van der Waals surface area (Å²) in [4.78, 5) is 0. The van der Waals surface area contributed by atoms with Crippen molar-refractivity contribution < 1.29 is 14.2 Å². The van der Waals surface area contributed by atoms with E-state index in [1.807, 2.05) is 36.4 Å².